The molecule has 0 saturated carbocycles. The summed E-state index contributed by atoms with van der Waals surface area (Å²) in [4.78, 5) is 11.9. The summed E-state index contributed by atoms with van der Waals surface area (Å²) >= 11 is 4.97. The van der Waals surface area contributed by atoms with Crippen LogP contribution in [0.3, 0.4) is 0 Å². The van der Waals surface area contributed by atoms with E-state index in [9.17, 15) is 4.79 Å². The third-order valence-electron chi connectivity index (χ3n) is 3.38. The average Bonchev–Trinajstić information content (AvgIpc) is 3.11. The summed E-state index contributed by atoms with van der Waals surface area (Å²) in [5, 5.41) is 15.2. The second-order valence-electron chi connectivity index (χ2n) is 4.89. The first-order chi connectivity index (χ1) is 11.5. The summed E-state index contributed by atoms with van der Waals surface area (Å²) < 4.78 is 12.6. The maximum atomic E-state index is 10.9. The van der Waals surface area contributed by atoms with Gasteiger partial charge in [-0.1, -0.05) is 0 Å². The van der Waals surface area contributed by atoms with Crippen LogP contribution in [0, 0.1) is 6.92 Å². The molecule has 0 atom stereocenters. The molecule has 3 rings (SSSR count). The van der Waals surface area contributed by atoms with Crippen molar-refractivity contribution in [1.29, 1.82) is 0 Å². The summed E-state index contributed by atoms with van der Waals surface area (Å²) in [7, 11) is 1.60. The molecule has 6 nitrogen and oxygen atoms in total. The average molecular weight is 409 g/mol. The molecule has 0 spiro atoms. The lowest BCUT2D eigenvalue weighted by atomic mass is 10.2. The molecule has 3 aromatic rings. The highest BCUT2D eigenvalue weighted by Gasteiger charge is 2.21. The zero-order chi connectivity index (χ0) is 17.3. The topological polar surface area (TPSA) is 73.6 Å². The standard InChI is InChI=1S/C16H13BrN2O4S/c1-9-14(13-7-10(17)8-24-13)19(18-15(9)23-16(20)21)11-3-5-12(22-2)6-4-11/h3-8H,1-2H3,(H,20,21). The van der Waals surface area contributed by atoms with E-state index < -0.39 is 6.16 Å². The second kappa shape index (κ2) is 6.66. The zero-order valence-corrected chi connectivity index (χ0v) is 15.2. The van der Waals surface area contributed by atoms with Crippen molar-refractivity contribution >= 4 is 33.4 Å². The highest BCUT2D eigenvalue weighted by molar-refractivity contribution is 9.10. The van der Waals surface area contributed by atoms with E-state index in [1.807, 2.05) is 35.7 Å². The molecule has 8 heteroatoms. The second-order valence-corrected chi connectivity index (χ2v) is 6.71. The van der Waals surface area contributed by atoms with Gasteiger partial charge in [-0.2, -0.15) is 0 Å². The SMILES string of the molecule is COc1ccc(-n2nc(OC(=O)O)c(C)c2-c2cc(Br)cs2)cc1. The fourth-order valence-electron chi connectivity index (χ4n) is 2.29. The van der Waals surface area contributed by atoms with E-state index in [2.05, 4.69) is 21.0 Å². The quantitative estimate of drug-likeness (QED) is 0.631. The highest BCUT2D eigenvalue weighted by atomic mass is 79.9. The Bertz CT molecular complexity index is 886. The van der Waals surface area contributed by atoms with Crippen LogP contribution in [-0.4, -0.2) is 28.2 Å². The van der Waals surface area contributed by atoms with Crippen LogP contribution in [0.5, 0.6) is 11.6 Å². The van der Waals surface area contributed by atoms with Crippen LogP contribution in [0.25, 0.3) is 16.3 Å². The normalized spacial score (nSPS) is 10.6. The number of nitrogens with zero attached hydrogens (tertiary/aromatic N) is 2. The van der Waals surface area contributed by atoms with E-state index in [-0.39, 0.29) is 5.88 Å². The Labute approximate surface area is 150 Å². The largest absolute Gasteiger partial charge is 0.512 e. The Balaban J connectivity index is 2.17. The van der Waals surface area contributed by atoms with Crippen molar-refractivity contribution in [2.45, 2.75) is 6.92 Å². The Kier molecular flexibility index (Phi) is 4.59. The zero-order valence-electron chi connectivity index (χ0n) is 12.8. The molecule has 0 aliphatic carbocycles. The molecular weight excluding hydrogens is 396 g/mol. The van der Waals surface area contributed by atoms with Crippen LogP contribution in [0.4, 0.5) is 4.79 Å². The van der Waals surface area contributed by atoms with Crippen molar-refractivity contribution in [3.8, 4) is 27.9 Å². The van der Waals surface area contributed by atoms with Gasteiger partial charge in [0.1, 0.15) is 5.75 Å². The van der Waals surface area contributed by atoms with Gasteiger partial charge in [0.15, 0.2) is 0 Å². The molecule has 0 fully saturated rings. The van der Waals surface area contributed by atoms with Crippen molar-refractivity contribution in [2.24, 2.45) is 0 Å². The van der Waals surface area contributed by atoms with Crippen LogP contribution in [0.2, 0.25) is 0 Å². The smallest absolute Gasteiger partial charge is 0.497 e. The van der Waals surface area contributed by atoms with E-state index in [0.717, 1.165) is 26.5 Å². The number of carbonyl (C=O) groups is 1. The lowest BCUT2D eigenvalue weighted by Gasteiger charge is -2.07. The minimum absolute atomic E-state index is 0.0674. The lowest BCUT2D eigenvalue weighted by molar-refractivity contribution is 0.142. The molecule has 0 amide bonds. The number of carboxylic acid groups (broad SMARTS) is 1. The first-order valence-corrected chi connectivity index (χ1v) is 8.56. The molecule has 24 heavy (non-hydrogen) atoms. The number of thiophene rings is 1. The minimum Gasteiger partial charge on any atom is -0.497 e. The van der Waals surface area contributed by atoms with Gasteiger partial charge in [0.2, 0.25) is 5.88 Å². The van der Waals surface area contributed by atoms with Gasteiger partial charge >= 0.3 is 6.16 Å². The highest BCUT2D eigenvalue weighted by Crippen LogP contribution is 2.37. The minimum atomic E-state index is -1.39. The number of halogens is 1. The number of ether oxygens (including phenoxy) is 2. The summed E-state index contributed by atoms with van der Waals surface area (Å²) in [6, 6.07) is 9.29. The van der Waals surface area contributed by atoms with Crippen molar-refractivity contribution in [3.05, 3.63) is 45.7 Å². The van der Waals surface area contributed by atoms with Gasteiger partial charge in [-0.3, -0.25) is 0 Å². The van der Waals surface area contributed by atoms with E-state index in [4.69, 9.17) is 14.6 Å². The molecule has 2 heterocycles. The molecule has 1 aromatic carbocycles. The van der Waals surface area contributed by atoms with Crippen molar-refractivity contribution in [3.63, 3.8) is 0 Å². The number of methoxy groups -OCH3 is 1. The van der Waals surface area contributed by atoms with Gasteiger partial charge in [-0.25, -0.2) is 9.48 Å². The summed E-state index contributed by atoms with van der Waals surface area (Å²) in [6.07, 6.45) is -1.39. The Morgan fingerprint density at radius 1 is 1.33 bits per heavy atom. The molecule has 0 unspecified atom stereocenters. The lowest BCUT2D eigenvalue weighted by Crippen LogP contribution is -2.05. The number of hydrogen-bond donors (Lipinski definition) is 1. The molecule has 0 radical (unpaired) electrons. The van der Waals surface area contributed by atoms with Gasteiger partial charge < -0.3 is 14.6 Å². The van der Waals surface area contributed by atoms with Crippen LogP contribution >= 0.6 is 27.3 Å². The van der Waals surface area contributed by atoms with E-state index in [1.165, 1.54) is 11.3 Å². The first kappa shape index (κ1) is 16.5. The van der Waals surface area contributed by atoms with Crippen LogP contribution in [0.1, 0.15) is 5.56 Å². The van der Waals surface area contributed by atoms with E-state index >= 15 is 0 Å². The van der Waals surface area contributed by atoms with Gasteiger partial charge in [-0.05, 0) is 53.2 Å². The molecule has 0 saturated heterocycles. The number of hydrogen-bond acceptors (Lipinski definition) is 5. The van der Waals surface area contributed by atoms with Gasteiger partial charge in [-0.15, -0.1) is 16.4 Å². The maximum Gasteiger partial charge on any atom is 0.512 e. The molecule has 0 bridgehead atoms. The van der Waals surface area contributed by atoms with Crippen LogP contribution in [0.15, 0.2) is 40.2 Å². The monoisotopic (exact) mass is 408 g/mol. The molecule has 1 N–H and O–H groups in total. The fourth-order valence-corrected chi connectivity index (χ4v) is 3.81. The number of benzene rings is 1. The van der Waals surface area contributed by atoms with Gasteiger partial charge in [0.05, 0.1) is 23.4 Å². The Morgan fingerprint density at radius 2 is 2.04 bits per heavy atom. The van der Waals surface area contributed by atoms with Crippen molar-refractivity contribution in [1.82, 2.24) is 9.78 Å². The van der Waals surface area contributed by atoms with E-state index in [0.29, 0.717) is 5.56 Å². The predicted octanol–water partition coefficient (Wildman–Crippen LogP) is 4.74. The Morgan fingerprint density at radius 3 is 2.58 bits per heavy atom. The fraction of sp³-hybridized carbons (Fsp3) is 0.125. The third-order valence-corrected chi connectivity index (χ3v) is 5.08. The number of rotatable bonds is 4. The van der Waals surface area contributed by atoms with Gasteiger partial charge in [0, 0.05) is 15.4 Å². The third kappa shape index (κ3) is 3.15. The molecular formula is C16H13BrN2O4S. The van der Waals surface area contributed by atoms with Crippen LogP contribution < -0.4 is 9.47 Å². The van der Waals surface area contributed by atoms with Crippen LogP contribution in [-0.2, 0) is 0 Å². The molecule has 0 aliphatic rings. The summed E-state index contributed by atoms with van der Waals surface area (Å²) in [5.41, 5.74) is 2.22. The maximum absolute atomic E-state index is 10.9. The molecule has 2 aromatic heterocycles. The summed E-state index contributed by atoms with van der Waals surface area (Å²) in [6.45, 7) is 1.79. The van der Waals surface area contributed by atoms with E-state index in [1.54, 1.807) is 18.7 Å². The first-order valence-electron chi connectivity index (χ1n) is 6.89. The van der Waals surface area contributed by atoms with Crippen molar-refractivity contribution < 1.29 is 19.4 Å². The number of aromatic nitrogens is 2. The molecule has 124 valence electrons. The summed E-state index contributed by atoms with van der Waals surface area (Å²) in [5.74, 6) is 0.794. The van der Waals surface area contributed by atoms with Crippen molar-refractivity contribution in [2.75, 3.05) is 7.11 Å². The predicted molar refractivity (Wildman–Crippen MR) is 94.5 cm³/mol. The van der Waals surface area contributed by atoms with Gasteiger partial charge in [0.25, 0.3) is 0 Å². The molecule has 0 aliphatic heterocycles. The Hall–Kier alpha value is -2.32.